The van der Waals surface area contributed by atoms with Crippen molar-refractivity contribution >= 4 is 6.08 Å². The zero-order valence-electron chi connectivity index (χ0n) is 13.7. The van der Waals surface area contributed by atoms with E-state index in [4.69, 9.17) is 4.74 Å². The van der Waals surface area contributed by atoms with Crippen molar-refractivity contribution in [2.45, 2.75) is 13.5 Å². The van der Waals surface area contributed by atoms with Gasteiger partial charge in [-0.05, 0) is 18.6 Å². The molecule has 0 radical (unpaired) electrons. The van der Waals surface area contributed by atoms with Gasteiger partial charge in [-0.3, -0.25) is 9.58 Å². The van der Waals surface area contributed by atoms with Crippen molar-refractivity contribution in [3.63, 3.8) is 0 Å². The van der Waals surface area contributed by atoms with Crippen molar-refractivity contribution in [1.82, 2.24) is 14.7 Å². The van der Waals surface area contributed by atoms with Crippen molar-refractivity contribution in [3.8, 4) is 0 Å². The highest BCUT2D eigenvalue weighted by molar-refractivity contribution is 5.48. The zero-order chi connectivity index (χ0) is 15.8. The number of aromatic nitrogens is 2. The summed E-state index contributed by atoms with van der Waals surface area (Å²) >= 11 is 0. The molecular weight excluding hydrogens is 274 g/mol. The Morgan fingerprint density at radius 3 is 2.68 bits per heavy atom. The first-order chi connectivity index (χ1) is 10.7. The van der Waals surface area contributed by atoms with E-state index in [1.807, 2.05) is 24.7 Å². The third kappa shape index (κ3) is 5.13. The van der Waals surface area contributed by atoms with E-state index in [1.54, 1.807) is 7.11 Å². The van der Waals surface area contributed by atoms with Gasteiger partial charge in [0.25, 0.3) is 0 Å². The molecule has 0 amide bonds. The van der Waals surface area contributed by atoms with Gasteiger partial charge in [0.2, 0.25) is 0 Å². The quantitative estimate of drug-likeness (QED) is 0.751. The molecule has 0 N–H and O–H groups in total. The Labute approximate surface area is 133 Å². The monoisotopic (exact) mass is 299 g/mol. The van der Waals surface area contributed by atoms with Crippen molar-refractivity contribution in [2.24, 2.45) is 7.05 Å². The number of methoxy groups -OCH3 is 1. The second-order valence-electron chi connectivity index (χ2n) is 5.44. The Morgan fingerprint density at radius 2 is 2.05 bits per heavy atom. The Hall–Kier alpha value is -1.91. The molecule has 0 saturated carbocycles. The normalized spacial score (nSPS) is 11.6. The lowest BCUT2D eigenvalue weighted by Crippen LogP contribution is -2.28. The molecule has 22 heavy (non-hydrogen) atoms. The Kier molecular flexibility index (Phi) is 6.37. The summed E-state index contributed by atoms with van der Waals surface area (Å²) in [5.74, 6) is 0. The first-order valence-corrected chi connectivity index (χ1v) is 7.61. The number of nitrogens with zero attached hydrogens (tertiary/aromatic N) is 3. The number of rotatable bonds is 8. The van der Waals surface area contributed by atoms with E-state index in [0.29, 0.717) is 0 Å². The standard InChI is InChI=1S/C18H25N3O/c1-16-14-18(20(2)19-16)15-21(12-13-22-3)11-7-10-17-8-5-4-6-9-17/h4-10,14H,11-13,15H2,1-3H3. The minimum Gasteiger partial charge on any atom is -0.383 e. The first kappa shape index (κ1) is 16.5. The van der Waals surface area contributed by atoms with Gasteiger partial charge in [-0.1, -0.05) is 42.5 Å². The maximum Gasteiger partial charge on any atom is 0.0597 e. The van der Waals surface area contributed by atoms with E-state index in [2.05, 4.69) is 52.5 Å². The van der Waals surface area contributed by atoms with E-state index in [0.717, 1.165) is 31.9 Å². The maximum absolute atomic E-state index is 5.22. The molecule has 118 valence electrons. The molecule has 1 aromatic heterocycles. The molecular formula is C18H25N3O. The maximum atomic E-state index is 5.22. The minimum atomic E-state index is 0.732. The fourth-order valence-electron chi connectivity index (χ4n) is 2.40. The Bertz CT molecular complexity index is 590. The highest BCUT2D eigenvalue weighted by atomic mass is 16.5. The van der Waals surface area contributed by atoms with Crippen LogP contribution in [0.1, 0.15) is 17.0 Å². The van der Waals surface area contributed by atoms with Crippen molar-refractivity contribution in [2.75, 3.05) is 26.8 Å². The van der Waals surface area contributed by atoms with Crippen LogP contribution in [0.15, 0.2) is 42.5 Å². The molecule has 0 aliphatic carbocycles. The number of hydrogen-bond donors (Lipinski definition) is 0. The molecule has 1 aromatic carbocycles. The minimum absolute atomic E-state index is 0.732. The van der Waals surface area contributed by atoms with Gasteiger partial charge in [0, 0.05) is 33.8 Å². The van der Waals surface area contributed by atoms with Gasteiger partial charge in [0.1, 0.15) is 0 Å². The molecule has 0 aliphatic rings. The molecule has 4 heteroatoms. The average Bonchev–Trinajstić information content (AvgIpc) is 2.83. The van der Waals surface area contributed by atoms with Crippen LogP contribution in [-0.4, -0.2) is 41.5 Å². The van der Waals surface area contributed by atoms with E-state index in [9.17, 15) is 0 Å². The topological polar surface area (TPSA) is 30.3 Å². The molecule has 0 aliphatic heterocycles. The molecule has 0 fully saturated rings. The summed E-state index contributed by atoms with van der Waals surface area (Å²) in [6, 6.07) is 12.5. The number of hydrogen-bond acceptors (Lipinski definition) is 3. The molecule has 2 rings (SSSR count). The molecule has 0 spiro atoms. The average molecular weight is 299 g/mol. The second kappa shape index (κ2) is 8.51. The van der Waals surface area contributed by atoms with Crippen LogP contribution < -0.4 is 0 Å². The number of aryl methyl sites for hydroxylation is 2. The van der Waals surface area contributed by atoms with Crippen LogP contribution in [0.2, 0.25) is 0 Å². The zero-order valence-corrected chi connectivity index (χ0v) is 13.7. The van der Waals surface area contributed by atoms with Gasteiger partial charge in [0.05, 0.1) is 18.0 Å². The van der Waals surface area contributed by atoms with Gasteiger partial charge >= 0.3 is 0 Å². The van der Waals surface area contributed by atoms with Crippen LogP contribution in [-0.2, 0) is 18.3 Å². The van der Waals surface area contributed by atoms with Gasteiger partial charge in [-0.15, -0.1) is 0 Å². The van der Waals surface area contributed by atoms with E-state index < -0.39 is 0 Å². The first-order valence-electron chi connectivity index (χ1n) is 7.61. The molecule has 4 nitrogen and oxygen atoms in total. The fourth-order valence-corrected chi connectivity index (χ4v) is 2.40. The summed E-state index contributed by atoms with van der Waals surface area (Å²) in [4.78, 5) is 2.36. The van der Waals surface area contributed by atoms with Crippen molar-refractivity contribution < 1.29 is 4.74 Å². The summed E-state index contributed by atoms with van der Waals surface area (Å²) in [5, 5.41) is 4.41. The molecule has 0 bridgehead atoms. The lowest BCUT2D eigenvalue weighted by molar-refractivity contribution is 0.150. The summed E-state index contributed by atoms with van der Waals surface area (Å²) < 4.78 is 7.18. The molecule has 0 atom stereocenters. The van der Waals surface area contributed by atoms with Crippen molar-refractivity contribution in [3.05, 3.63) is 59.4 Å². The van der Waals surface area contributed by atoms with Crippen LogP contribution >= 0.6 is 0 Å². The molecule has 0 saturated heterocycles. The third-order valence-corrected chi connectivity index (χ3v) is 3.57. The van der Waals surface area contributed by atoms with Crippen LogP contribution in [0.4, 0.5) is 0 Å². The van der Waals surface area contributed by atoms with Crippen LogP contribution in [0.3, 0.4) is 0 Å². The lowest BCUT2D eigenvalue weighted by atomic mass is 10.2. The summed E-state index contributed by atoms with van der Waals surface area (Å²) in [5.41, 5.74) is 3.51. The Balaban J connectivity index is 1.96. The second-order valence-corrected chi connectivity index (χ2v) is 5.44. The van der Waals surface area contributed by atoms with E-state index in [-0.39, 0.29) is 0 Å². The highest BCUT2D eigenvalue weighted by Crippen LogP contribution is 2.07. The van der Waals surface area contributed by atoms with Gasteiger partial charge in [-0.2, -0.15) is 5.10 Å². The predicted molar refractivity (Wildman–Crippen MR) is 90.6 cm³/mol. The lowest BCUT2D eigenvalue weighted by Gasteiger charge is -2.20. The van der Waals surface area contributed by atoms with E-state index in [1.165, 1.54) is 11.3 Å². The molecule has 0 unspecified atom stereocenters. The molecule has 1 heterocycles. The number of benzene rings is 1. The summed E-state index contributed by atoms with van der Waals surface area (Å²) in [7, 11) is 3.74. The highest BCUT2D eigenvalue weighted by Gasteiger charge is 2.08. The molecule has 2 aromatic rings. The smallest absolute Gasteiger partial charge is 0.0597 e. The predicted octanol–water partition coefficient (Wildman–Crippen LogP) is 2.89. The Morgan fingerprint density at radius 1 is 1.27 bits per heavy atom. The van der Waals surface area contributed by atoms with E-state index >= 15 is 0 Å². The summed E-state index contributed by atoms with van der Waals surface area (Å²) in [6.45, 7) is 5.43. The SMILES string of the molecule is COCCN(CC=Cc1ccccc1)Cc1cc(C)nn1C. The summed E-state index contributed by atoms with van der Waals surface area (Å²) in [6.07, 6.45) is 4.36. The van der Waals surface area contributed by atoms with Crippen LogP contribution in [0.25, 0.3) is 6.08 Å². The van der Waals surface area contributed by atoms with Crippen LogP contribution in [0, 0.1) is 6.92 Å². The van der Waals surface area contributed by atoms with Gasteiger partial charge < -0.3 is 4.74 Å². The van der Waals surface area contributed by atoms with Gasteiger partial charge in [-0.25, -0.2) is 0 Å². The van der Waals surface area contributed by atoms with Crippen LogP contribution in [0.5, 0.6) is 0 Å². The fraction of sp³-hybridized carbons (Fsp3) is 0.389. The largest absolute Gasteiger partial charge is 0.383 e. The number of ether oxygens (including phenoxy) is 1. The van der Waals surface area contributed by atoms with Gasteiger partial charge in [0.15, 0.2) is 0 Å². The third-order valence-electron chi connectivity index (χ3n) is 3.57. The van der Waals surface area contributed by atoms with Crippen molar-refractivity contribution in [1.29, 1.82) is 0 Å².